The molecule has 1 amide bonds. The summed E-state index contributed by atoms with van der Waals surface area (Å²) < 4.78 is 5.43. The number of ether oxygens (including phenoxy) is 1. The van der Waals surface area contributed by atoms with E-state index in [0.29, 0.717) is 26.1 Å². The highest BCUT2D eigenvalue weighted by molar-refractivity contribution is 5.77. The van der Waals surface area contributed by atoms with Gasteiger partial charge in [0.05, 0.1) is 12.0 Å². The predicted octanol–water partition coefficient (Wildman–Crippen LogP) is 1.90. The van der Waals surface area contributed by atoms with Gasteiger partial charge in [-0.05, 0) is 44.9 Å². The van der Waals surface area contributed by atoms with Crippen LogP contribution in [-0.4, -0.2) is 47.7 Å². The molecular formula is C15H25NO4. The number of rotatable bonds is 6. The Hall–Kier alpha value is -1.10. The van der Waals surface area contributed by atoms with Crippen molar-refractivity contribution in [2.45, 2.75) is 52.1 Å². The zero-order valence-electron chi connectivity index (χ0n) is 12.4. The van der Waals surface area contributed by atoms with Crippen LogP contribution in [0.5, 0.6) is 0 Å². The number of aliphatic carboxylic acids is 1. The van der Waals surface area contributed by atoms with Crippen LogP contribution in [0.4, 0.5) is 0 Å². The molecule has 5 nitrogen and oxygen atoms in total. The van der Waals surface area contributed by atoms with Crippen LogP contribution in [0.25, 0.3) is 0 Å². The van der Waals surface area contributed by atoms with Crippen molar-refractivity contribution in [1.29, 1.82) is 0 Å². The molecule has 1 unspecified atom stereocenters. The Labute approximate surface area is 120 Å². The van der Waals surface area contributed by atoms with Crippen molar-refractivity contribution >= 4 is 11.9 Å². The average Bonchev–Trinajstić information content (AvgIpc) is 3.09. The Kier molecular flexibility index (Phi) is 4.68. The van der Waals surface area contributed by atoms with Crippen LogP contribution in [0.15, 0.2) is 0 Å². The monoisotopic (exact) mass is 283 g/mol. The summed E-state index contributed by atoms with van der Waals surface area (Å²) in [7, 11) is 0. The highest BCUT2D eigenvalue weighted by atomic mass is 16.5. The first-order valence-corrected chi connectivity index (χ1v) is 7.57. The van der Waals surface area contributed by atoms with Crippen LogP contribution in [0.2, 0.25) is 0 Å². The molecule has 2 aliphatic rings. The van der Waals surface area contributed by atoms with Crippen molar-refractivity contribution in [3.05, 3.63) is 0 Å². The highest BCUT2D eigenvalue weighted by Gasteiger charge is 2.59. The molecule has 1 saturated heterocycles. The SMILES string of the molecule is CC(C)OCCCC(=O)N1CCC2(CC1)CC2C(=O)O. The summed E-state index contributed by atoms with van der Waals surface area (Å²) in [6.45, 7) is 6.03. The molecule has 2 rings (SSSR count). The first-order chi connectivity index (χ1) is 9.44. The van der Waals surface area contributed by atoms with E-state index >= 15 is 0 Å². The van der Waals surface area contributed by atoms with Crippen molar-refractivity contribution in [1.82, 2.24) is 4.90 Å². The maximum Gasteiger partial charge on any atom is 0.307 e. The molecule has 0 aromatic carbocycles. The number of carboxylic acids is 1. The Bertz CT molecular complexity index is 372. The normalized spacial score (nSPS) is 24.1. The van der Waals surface area contributed by atoms with Gasteiger partial charge < -0.3 is 14.7 Å². The van der Waals surface area contributed by atoms with Crippen molar-refractivity contribution in [3.63, 3.8) is 0 Å². The minimum atomic E-state index is -0.671. The molecule has 1 saturated carbocycles. The summed E-state index contributed by atoms with van der Waals surface area (Å²) in [5, 5.41) is 9.04. The second-order valence-electron chi connectivity index (χ2n) is 6.36. The third-order valence-electron chi connectivity index (χ3n) is 4.59. The maximum atomic E-state index is 12.0. The molecule has 1 atom stereocenters. The number of carbonyl (C=O) groups is 2. The quantitative estimate of drug-likeness (QED) is 0.756. The molecule has 1 spiro atoms. The van der Waals surface area contributed by atoms with E-state index < -0.39 is 5.97 Å². The number of hydrogen-bond donors (Lipinski definition) is 1. The zero-order valence-corrected chi connectivity index (χ0v) is 12.4. The van der Waals surface area contributed by atoms with E-state index in [2.05, 4.69) is 0 Å². The predicted molar refractivity (Wildman–Crippen MR) is 74.3 cm³/mol. The van der Waals surface area contributed by atoms with E-state index in [0.717, 1.165) is 25.7 Å². The number of carbonyl (C=O) groups excluding carboxylic acids is 1. The topological polar surface area (TPSA) is 66.8 Å². The van der Waals surface area contributed by atoms with Crippen LogP contribution in [0.3, 0.4) is 0 Å². The first-order valence-electron chi connectivity index (χ1n) is 7.57. The fraction of sp³-hybridized carbons (Fsp3) is 0.867. The number of piperidine rings is 1. The number of carboxylic acid groups (broad SMARTS) is 1. The van der Waals surface area contributed by atoms with Crippen LogP contribution >= 0.6 is 0 Å². The van der Waals surface area contributed by atoms with Gasteiger partial charge in [0.2, 0.25) is 5.91 Å². The van der Waals surface area contributed by atoms with Crippen molar-refractivity contribution in [2.24, 2.45) is 11.3 Å². The average molecular weight is 283 g/mol. The fourth-order valence-electron chi connectivity index (χ4n) is 3.15. The van der Waals surface area contributed by atoms with Crippen molar-refractivity contribution < 1.29 is 19.4 Å². The summed E-state index contributed by atoms with van der Waals surface area (Å²) in [6.07, 6.45) is 3.99. The Morgan fingerprint density at radius 2 is 2.00 bits per heavy atom. The molecule has 5 heteroatoms. The molecule has 1 heterocycles. The number of hydrogen-bond acceptors (Lipinski definition) is 3. The Morgan fingerprint density at radius 3 is 2.50 bits per heavy atom. The number of amides is 1. The third kappa shape index (κ3) is 3.51. The minimum absolute atomic E-state index is 0.00334. The van der Waals surface area contributed by atoms with Gasteiger partial charge in [0.15, 0.2) is 0 Å². The van der Waals surface area contributed by atoms with E-state index in [1.165, 1.54) is 0 Å². The second kappa shape index (κ2) is 6.12. The van der Waals surface area contributed by atoms with Gasteiger partial charge in [0.25, 0.3) is 0 Å². The van der Waals surface area contributed by atoms with Gasteiger partial charge in [-0.2, -0.15) is 0 Å². The molecule has 114 valence electrons. The minimum Gasteiger partial charge on any atom is -0.481 e. The van der Waals surface area contributed by atoms with E-state index in [1.54, 1.807) is 0 Å². The lowest BCUT2D eigenvalue weighted by Crippen LogP contribution is -2.40. The van der Waals surface area contributed by atoms with E-state index in [-0.39, 0.29) is 23.3 Å². The van der Waals surface area contributed by atoms with Gasteiger partial charge in [-0.25, -0.2) is 0 Å². The summed E-state index contributed by atoms with van der Waals surface area (Å²) in [4.78, 5) is 24.9. The zero-order chi connectivity index (χ0) is 14.8. The summed E-state index contributed by atoms with van der Waals surface area (Å²) >= 11 is 0. The first kappa shape index (κ1) is 15.3. The lowest BCUT2D eigenvalue weighted by Gasteiger charge is -2.32. The van der Waals surface area contributed by atoms with Gasteiger partial charge in [-0.15, -0.1) is 0 Å². The largest absolute Gasteiger partial charge is 0.481 e. The van der Waals surface area contributed by atoms with Crippen molar-refractivity contribution in [2.75, 3.05) is 19.7 Å². The summed E-state index contributed by atoms with van der Waals surface area (Å²) in [6, 6.07) is 0. The number of likely N-dealkylation sites (tertiary alicyclic amines) is 1. The van der Waals surface area contributed by atoms with E-state index in [1.807, 2.05) is 18.7 Å². The lowest BCUT2D eigenvalue weighted by molar-refractivity contribution is -0.140. The smallest absolute Gasteiger partial charge is 0.307 e. The van der Waals surface area contributed by atoms with Crippen LogP contribution in [0, 0.1) is 11.3 Å². The molecular weight excluding hydrogens is 258 g/mol. The second-order valence-corrected chi connectivity index (χ2v) is 6.36. The standard InChI is InChI=1S/C15H25NO4/c1-11(2)20-9-3-4-13(17)16-7-5-15(6-8-16)10-12(15)14(18)19/h11-12H,3-10H2,1-2H3,(H,18,19). The number of nitrogens with zero attached hydrogens (tertiary/aromatic N) is 1. The molecule has 1 aliphatic carbocycles. The molecule has 0 bridgehead atoms. The summed E-state index contributed by atoms with van der Waals surface area (Å²) in [5.74, 6) is -0.658. The van der Waals surface area contributed by atoms with Gasteiger partial charge in [0.1, 0.15) is 0 Å². The van der Waals surface area contributed by atoms with Crippen molar-refractivity contribution in [3.8, 4) is 0 Å². The lowest BCUT2D eigenvalue weighted by atomic mass is 9.90. The molecule has 0 aromatic rings. The van der Waals surface area contributed by atoms with E-state index in [4.69, 9.17) is 9.84 Å². The molecule has 0 aromatic heterocycles. The summed E-state index contributed by atoms with van der Waals surface area (Å²) in [5.41, 5.74) is 0.00334. The van der Waals surface area contributed by atoms with Gasteiger partial charge in [-0.3, -0.25) is 9.59 Å². The third-order valence-corrected chi connectivity index (χ3v) is 4.59. The Balaban J connectivity index is 1.66. The molecule has 2 fully saturated rings. The van der Waals surface area contributed by atoms with Gasteiger partial charge in [0, 0.05) is 26.1 Å². The molecule has 1 N–H and O–H groups in total. The van der Waals surface area contributed by atoms with Gasteiger partial charge >= 0.3 is 5.97 Å². The molecule has 0 radical (unpaired) electrons. The molecule has 1 aliphatic heterocycles. The van der Waals surface area contributed by atoms with Gasteiger partial charge in [-0.1, -0.05) is 0 Å². The van der Waals surface area contributed by atoms with E-state index in [9.17, 15) is 9.59 Å². The fourth-order valence-corrected chi connectivity index (χ4v) is 3.15. The molecule has 20 heavy (non-hydrogen) atoms. The van der Waals surface area contributed by atoms with Crippen LogP contribution in [0.1, 0.15) is 46.0 Å². The van der Waals surface area contributed by atoms with Crippen LogP contribution in [-0.2, 0) is 14.3 Å². The highest BCUT2D eigenvalue weighted by Crippen LogP contribution is 2.59. The van der Waals surface area contributed by atoms with Crippen LogP contribution < -0.4 is 0 Å². The maximum absolute atomic E-state index is 12.0. The Morgan fingerprint density at radius 1 is 1.35 bits per heavy atom.